The minimum Gasteiger partial charge on any atom is -0.355 e. The highest BCUT2D eigenvalue weighted by Gasteiger charge is 2.36. The molecule has 1 aliphatic heterocycles. The van der Waals surface area contributed by atoms with Gasteiger partial charge in [-0.1, -0.05) is 18.0 Å². The van der Waals surface area contributed by atoms with E-state index in [0.29, 0.717) is 5.15 Å². The van der Waals surface area contributed by atoms with E-state index >= 15 is 0 Å². The predicted molar refractivity (Wildman–Crippen MR) is 60.1 cm³/mol. The second-order valence-electron chi connectivity index (χ2n) is 4.57. The monoisotopic (exact) mass is 223 g/mol. The van der Waals surface area contributed by atoms with Gasteiger partial charge in [0, 0.05) is 13.1 Å². The Kier molecular flexibility index (Phi) is 2.28. The molecule has 2 atom stereocenters. The zero-order valence-electron chi connectivity index (χ0n) is 8.56. The summed E-state index contributed by atoms with van der Waals surface area (Å²) in [6, 6.07) is 3.79. The van der Waals surface area contributed by atoms with Crippen LogP contribution in [0, 0.1) is 11.8 Å². The van der Waals surface area contributed by atoms with Gasteiger partial charge in [0.25, 0.3) is 0 Å². The van der Waals surface area contributed by atoms with Crippen molar-refractivity contribution in [3.63, 3.8) is 0 Å². The van der Waals surface area contributed by atoms with Crippen molar-refractivity contribution in [2.24, 2.45) is 11.8 Å². The van der Waals surface area contributed by atoms with E-state index in [1.54, 1.807) is 0 Å². The first-order valence-corrected chi connectivity index (χ1v) is 5.95. The Morgan fingerprint density at radius 3 is 2.47 bits per heavy atom. The van der Waals surface area contributed by atoms with Gasteiger partial charge in [-0.2, -0.15) is 0 Å². The molecule has 1 saturated carbocycles. The van der Waals surface area contributed by atoms with E-state index in [-0.39, 0.29) is 0 Å². The molecule has 0 amide bonds. The SMILES string of the molecule is Clc1ccc(N2C[C@H]3CCC[C@H]3C2)nn1. The Morgan fingerprint density at radius 2 is 1.87 bits per heavy atom. The van der Waals surface area contributed by atoms with Crippen LogP contribution in [-0.4, -0.2) is 23.3 Å². The van der Waals surface area contributed by atoms with Gasteiger partial charge in [0.1, 0.15) is 0 Å². The number of hydrogen-bond acceptors (Lipinski definition) is 3. The fourth-order valence-electron chi connectivity index (χ4n) is 2.90. The lowest BCUT2D eigenvalue weighted by molar-refractivity contribution is 0.494. The van der Waals surface area contributed by atoms with Crippen LogP contribution in [0.2, 0.25) is 5.15 Å². The molecular weight excluding hydrogens is 210 g/mol. The average molecular weight is 224 g/mol. The lowest BCUT2D eigenvalue weighted by Gasteiger charge is -2.17. The first-order valence-electron chi connectivity index (χ1n) is 5.57. The third kappa shape index (κ3) is 1.69. The Bertz CT molecular complexity index is 339. The van der Waals surface area contributed by atoms with Crippen LogP contribution in [0.15, 0.2) is 12.1 Å². The van der Waals surface area contributed by atoms with Gasteiger partial charge < -0.3 is 4.90 Å². The summed E-state index contributed by atoms with van der Waals surface area (Å²) in [5, 5.41) is 8.49. The number of nitrogens with zero attached hydrogens (tertiary/aromatic N) is 3. The van der Waals surface area contributed by atoms with Crippen LogP contribution in [0.4, 0.5) is 5.82 Å². The number of rotatable bonds is 1. The van der Waals surface area contributed by atoms with Crippen molar-refractivity contribution in [3.05, 3.63) is 17.3 Å². The van der Waals surface area contributed by atoms with E-state index in [1.807, 2.05) is 12.1 Å². The first kappa shape index (κ1) is 9.40. The Labute approximate surface area is 94.4 Å². The number of aromatic nitrogens is 2. The molecule has 3 nitrogen and oxygen atoms in total. The van der Waals surface area contributed by atoms with Gasteiger partial charge in [0.15, 0.2) is 11.0 Å². The van der Waals surface area contributed by atoms with E-state index in [9.17, 15) is 0 Å². The first-order chi connectivity index (χ1) is 7.33. The number of halogens is 1. The summed E-state index contributed by atoms with van der Waals surface area (Å²) in [6.07, 6.45) is 4.19. The van der Waals surface area contributed by atoms with Gasteiger partial charge in [0.05, 0.1) is 0 Å². The zero-order chi connectivity index (χ0) is 10.3. The molecule has 0 bridgehead atoms. The van der Waals surface area contributed by atoms with Gasteiger partial charge in [-0.25, -0.2) is 0 Å². The molecular formula is C11H14ClN3. The summed E-state index contributed by atoms with van der Waals surface area (Å²) < 4.78 is 0. The third-order valence-electron chi connectivity index (χ3n) is 3.67. The molecule has 0 aromatic carbocycles. The smallest absolute Gasteiger partial charge is 0.151 e. The standard InChI is InChI=1S/C11H14ClN3/c12-10-4-5-11(14-13-10)15-6-8-2-1-3-9(8)7-15/h4-5,8-9H,1-3,6-7H2/t8-,9+. The van der Waals surface area contributed by atoms with Gasteiger partial charge >= 0.3 is 0 Å². The van der Waals surface area contributed by atoms with Crippen molar-refractivity contribution in [1.82, 2.24) is 10.2 Å². The van der Waals surface area contributed by atoms with Gasteiger partial charge in [-0.3, -0.25) is 0 Å². The molecule has 1 aromatic rings. The average Bonchev–Trinajstić information content (AvgIpc) is 2.78. The van der Waals surface area contributed by atoms with Crippen LogP contribution in [0.25, 0.3) is 0 Å². The van der Waals surface area contributed by atoms with E-state index < -0.39 is 0 Å². The van der Waals surface area contributed by atoms with E-state index in [2.05, 4.69) is 15.1 Å². The molecule has 1 saturated heterocycles. The van der Waals surface area contributed by atoms with Crippen LogP contribution >= 0.6 is 11.6 Å². The second kappa shape index (κ2) is 3.63. The minimum atomic E-state index is 0.471. The van der Waals surface area contributed by atoms with Crippen LogP contribution in [-0.2, 0) is 0 Å². The minimum absolute atomic E-state index is 0.471. The summed E-state index contributed by atoms with van der Waals surface area (Å²) in [5.74, 6) is 2.76. The molecule has 0 unspecified atom stereocenters. The van der Waals surface area contributed by atoms with E-state index in [0.717, 1.165) is 30.7 Å². The summed E-state index contributed by atoms with van der Waals surface area (Å²) >= 11 is 5.72. The summed E-state index contributed by atoms with van der Waals surface area (Å²) in [7, 11) is 0. The highest BCUT2D eigenvalue weighted by Crippen LogP contribution is 2.38. The molecule has 0 N–H and O–H groups in total. The van der Waals surface area contributed by atoms with Crippen LogP contribution in [0.5, 0.6) is 0 Å². The Hall–Kier alpha value is -0.830. The van der Waals surface area contributed by atoms with Crippen molar-refractivity contribution in [1.29, 1.82) is 0 Å². The fraction of sp³-hybridized carbons (Fsp3) is 0.636. The van der Waals surface area contributed by atoms with E-state index in [1.165, 1.54) is 19.3 Å². The largest absolute Gasteiger partial charge is 0.355 e. The van der Waals surface area contributed by atoms with E-state index in [4.69, 9.17) is 11.6 Å². The number of hydrogen-bond donors (Lipinski definition) is 0. The van der Waals surface area contributed by atoms with Crippen molar-refractivity contribution in [2.45, 2.75) is 19.3 Å². The molecule has 80 valence electrons. The molecule has 3 rings (SSSR count). The number of fused-ring (bicyclic) bond motifs is 1. The molecule has 1 aromatic heterocycles. The van der Waals surface area contributed by atoms with Crippen LogP contribution in [0.3, 0.4) is 0 Å². The van der Waals surface area contributed by atoms with Crippen molar-refractivity contribution in [2.75, 3.05) is 18.0 Å². The molecule has 2 heterocycles. The highest BCUT2D eigenvalue weighted by molar-refractivity contribution is 6.29. The lowest BCUT2D eigenvalue weighted by Crippen LogP contribution is -2.22. The summed E-state index contributed by atoms with van der Waals surface area (Å²) in [5.41, 5.74) is 0. The molecule has 0 radical (unpaired) electrons. The normalized spacial score (nSPS) is 29.5. The van der Waals surface area contributed by atoms with Crippen LogP contribution in [0.1, 0.15) is 19.3 Å². The maximum absolute atomic E-state index is 5.72. The summed E-state index contributed by atoms with van der Waals surface area (Å²) in [4.78, 5) is 2.35. The fourth-order valence-corrected chi connectivity index (χ4v) is 3.00. The molecule has 2 aliphatic rings. The quantitative estimate of drug-likeness (QED) is 0.732. The highest BCUT2D eigenvalue weighted by atomic mass is 35.5. The number of anilines is 1. The maximum atomic E-state index is 5.72. The second-order valence-corrected chi connectivity index (χ2v) is 4.96. The van der Waals surface area contributed by atoms with Crippen molar-refractivity contribution >= 4 is 17.4 Å². The van der Waals surface area contributed by atoms with Gasteiger partial charge in [-0.15, -0.1) is 10.2 Å². The van der Waals surface area contributed by atoms with Crippen molar-refractivity contribution in [3.8, 4) is 0 Å². The molecule has 0 spiro atoms. The topological polar surface area (TPSA) is 29.0 Å². The van der Waals surface area contributed by atoms with Crippen molar-refractivity contribution < 1.29 is 0 Å². The third-order valence-corrected chi connectivity index (χ3v) is 3.87. The Morgan fingerprint density at radius 1 is 1.13 bits per heavy atom. The summed E-state index contributed by atoms with van der Waals surface area (Å²) in [6.45, 7) is 2.31. The van der Waals surface area contributed by atoms with Gasteiger partial charge in [0.2, 0.25) is 0 Å². The molecule has 2 fully saturated rings. The Balaban J connectivity index is 1.76. The predicted octanol–water partition coefficient (Wildman–Crippen LogP) is 2.37. The van der Waals surface area contributed by atoms with Gasteiger partial charge in [-0.05, 0) is 36.8 Å². The van der Waals surface area contributed by atoms with Crippen LogP contribution < -0.4 is 4.90 Å². The molecule has 4 heteroatoms. The molecule has 15 heavy (non-hydrogen) atoms. The maximum Gasteiger partial charge on any atom is 0.151 e. The zero-order valence-corrected chi connectivity index (χ0v) is 9.32. The lowest BCUT2D eigenvalue weighted by atomic mass is 10.0. The molecule has 1 aliphatic carbocycles.